The van der Waals surface area contributed by atoms with Gasteiger partial charge in [-0.3, -0.25) is 9.59 Å². The predicted molar refractivity (Wildman–Crippen MR) is 76.5 cm³/mol. The van der Waals surface area contributed by atoms with E-state index in [9.17, 15) is 9.59 Å². The number of nitrogens with two attached hydrogens (primary N) is 1. The molecule has 20 heavy (non-hydrogen) atoms. The molecular formula is C16H14N2O2. The van der Waals surface area contributed by atoms with Crippen LogP contribution in [-0.4, -0.2) is 17.2 Å². The first-order valence-electron chi connectivity index (χ1n) is 6.39. The Hall–Kier alpha value is -2.46. The summed E-state index contributed by atoms with van der Waals surface area (Å²) in [6.45, 7) is 0. The first-order valence-corrected chi connectivity index (χ1v) is 6.39. The smallest absolute Gasteiger partial charge is 0.252 e. The van der Waals surface area contributed by atoms with Gasteiger partial charge in [0.15, 0.2) is 11.3 Å². The van der Waals surface area contributed by atoms with Gasteiger partial charge in [0.25, 0.3) is 5.91 Å². The number of hydrogen-bond donors (Lipinski definition) is 2. The molecule has 0 saturated carbocycles. The zero-order chi connectivity index (χ0) is 14.2. The molecular weight excluding hydrogens is 252 g/mol. The van der Waals surface area contributed by atoms with Crippen LogP contribution < -0.4 is 11.1 Å². The van der Waals surface area contributed by atoms with Crippen molar-refractivity contribution < 1.29 is 9.59 Å². The van der Waals surface area contributed by atoms with Crippen molar-refractivity contribution in [1.29, 1.82) is 0 Å². The molecule has 0 bridgehead atoms. The highest BCUT2D eigenvalue weighted by Crippen LogP contribution is 2.28. The number of para-hydroxylation sites is 1. The molecule has 4 heteroatoms. The van der Waals surface area contributed by atoms with Crippen molar-refractivity contribution in [3.8, 4) is 0 Å². The highest BCUT2D eigenvalue weighted by atomic mass is 16.2. The quantitative estimate of drug-likeness (QED) is 0.814. The van der Waals surface area contributed by atoms with Crippen LogP contribution in [-0.2, 0) is 11.2 Å². The highest BCUT2D eigenvalue weighted by Gasteiger charge is 2.46. The fourth-order valence-electron chi connectivity index (χ4n) is 2.45. The van der Waals surface area contributed by atoms with E-state index < -0.39 is 11.4 Å². The van der Waals surface area contributed by atoms with Gasteiger partial charge in [-0.15, -0.1) is 0 Å². The standard InChI is InChI=1S/C16H14N2O2/c17-16(10-11-6-2-1-3-7-11)14(19)12-8-4-5-9-13(12)18-15(16)20/h1-9H,10,17H2,(H,18,20). The first-order chi connectivity index (χ1) is 9.61. The SMILES string of the molecule is NC1(Cc2ccccc2)C(=O)Nc2ccccc2C1=O. The number of carbonyl (C=O) groups is 2. The van der Waals surface area contributed by atoms with Crippen LogP contribution in [0.25, 0.3) is 0 Å². The summed E-state index contributed by atoms with van der Waals surface area (Å²) >= 11 is 0. The van der Waals surface area contributed by atoms with E-state index in [4.69, 9.17) is 5.73 Å². The van der Waals surface area contributed by atoms with Crippen LogP contribution in [0, 0.1) is 0 Å². The lowest BCUT2D eigenvalue weighted by Crippen LogP contribution is -2.61. The average Bonchev–Trinajstić information content (AvgIpc) is 2.47. The van der Waals surface area contributed by atoms with Gasteiger partial charge in [-0.2, -0.15) is 0 Å². The fraction of sp³-hybridized carbons (Fsp3) is 0.125. The topological polar surface area (TPSA) is 72.2 Å². The largest absolute Gasteiger partial charge is 0.323 e. The number of nitrogens with one attached hydrogen (secondary N) is 1. The maximum atomic E-state index is 12.6. The van der Waals surface area contributed by atoms with E-state index in [0.717, 1.165) is 5.56 Å². The summed E-state index contributed by atoms with van der Waals surface area (Å²) in [7, 11) is 0. The minimum atomic E-state index is -1.55. The zero-order valence-electron chi connectivity index (χ0n) is 10.8. The van der Waals surface area contributed by atoms with Gasteiger partial charge in [-0.1, -0.05) is 42.5 Å². The molecule has 0 spiro atoms. The maximum absolute atomic E-state index is 12.6. The third kappa shape index (κ3) is 1.90. The Kier molecular flexibility index (Phi) is 2.88. The van der Waals surface area contributed by atoms with Gasteiger partial charge in [0, 0.05) is 12.0 Å². The summed E-state index contributed by atoms with van der Waals surface area (Å²) in [5.74, 6) is -0.786. The number of carbonyl (C=O) groups excluding carboxylic acids is 2. The fourth-order valence-corrected chi connectivity index (χ4v) is 2.45. The van der Waals surface area contributed by atoms with Crippen molar-refractivity contribution in [3.05, 3.63) is 65.7 Å². The summed E-state index contributed by atoms with van der Waals surface area (Å²) in [5, 5.41) is 2.72. The van der Waals surface area contributed by atoms with Gasteiger partial charge in [0.2, 0.25) is 0 Å². The molecule has 1 heterocycles. The van der Waals surface area contributed by atoms with Gasteiger partial charge in [0.05, 0.1) is 5.69 Å². The number of amides is 1. The number of fused-ring (bicyclic) bond motifs is 1. The molecule has 1 atom stereocenters. The second kappa shape index (κ2) is 4.58. The van der Waals surface area contributed by atoms with E-state index in [1.807, 2.05) is 30.3 Å². The van der Waals surface area contributed by atoms with Crippen molar-refractivity contribution in [1.82, 2.24) is 0 Å². The zero-order valence-corrected chi connectivity index (χ0v) is 10.8. The molecule has 0 aliphatic carbocycles. The lowest BCUT2D eigenvalue weighted by molar-refractivity contribution is -0.119. The molecule has 0 saturated heterocycles. The molecule has 1 aliphatic rings. The number of rotatable bonds is 2. The Morgan fingerprint density at radius 3 is 2.35 bits per heavy atom. The van der Waals surface area contributed by atoms with Gasteiger partial charge in [-0.05, 0) is 17.7 Å². The van der Waals surface area contributed by atoms with Crippen molar-refractivity contribution in [3.63, 3.8) is 0 Å². The molecule has 1 aliphatic heterocycles. The average molecular weight is 266 g/mol. The molecule has 4 nitrogen and oxygen atoms in total. The Bertz CT molecular complexity index is 682. The maximum Gasteiger partial charge on any atom is 0.252 e. The summed E-state index contributed by atoms with van der Waals surface area (Å²) in [6.07, 6.45) is 0.187. The van der Waals surface area contributed by atoms with Gasteiger partial charge in [-0.25, -0.2) is 0 Å². The third-order valence-electron chi connectivity index (χ3n) is 3.56. The van der Waals surface area contributed by atoms with Crippen LogP contribution in [0.15, 0.2) is 54.6 Å². The number of benzene rings is 2. The van der Waals surface area contributed by atoms with E-state index in [-0.39, 0.29) is 12.2 Å². The molecule has 2 aromatic rings. The molecule has 3 N–H and O–H groups in total. The molecule has 0 aromatic heterocycles. The molecule has 100 valence electrons. The van der Waals surface area contributed by atoms with Crippen molar-refractivity contribution in [2.45, 2.75) is 12.0 Å². The molecule has 2 aromatic carbocycles. The normalized spacial score (nSPS) is 21.2. The summed E-state index contributed by atoms with van der Waals surface area (Å²) in [6, 6.07) is 16.2. The lowest BCUT2D eigenvalue weighted by atomic mass is 9.80. The van der Waals surface area contributed by atoms with Crippen LogP contribution in [0.1, 0.15) is 15.9 Å². The third-order valence-corrected chi connectivity index (χ3v) is 3.56. The minimum absolute atomic E-state index is 0.187. The van der Waals surface area contributed by atoms with E-state index in [2.05, 4.69) is 5.32 Å². The highest BCUT2D eigenvalue weighted by molar-refractivity contribution is 6.27. The van der Waals surface area contributed by atoms with E-state index in [1.54, 1.807) is 24.3 Å². The Balaban J connectivity index is 2.01. The Labute approximate surface area is 116 Å². The molecule has 1 amide bonds. The summed E-state index contributed by atoms with van der Waals surface area (Å²) < 4.78 is 0. The lowest BCUT2D eigenvalue weighted by Gasteiger charge is -2.32. The molecule has 0 radical (unpaired) electrons. The second-order valence-corrected chi connectivity index (χ2v) is 4.96. The number of ketones is 1. The predicted octanol–water partition coefficient (Wildman–Crippen LogP) is 1.76. The number of anilines is 1. The first kappa shape index (κ1) is 12.6. The number of hydrogen-bond acceptors (Lipinski definition) is 3. The van der Waals surface area contributed by atoms with Crippen LogP contribution >= 0.6 is 0 Å². The van der Waals surface area contributed by atoms with E-state index in [0.29, 0.717) is 11.3 Å². The molecule has 3 rings (SSSR count). The van der Waals surface area contributed by atoms with Crippen LogP contribution in [0.3, 0.4) is 0 Å². The van der Waals surface area contributed by atoms with Crippen molar-refractivity contribution >= 4 is 17.4 Å². The Morgan fingerprint density at radius 2 is 1.60 bits per heavy atom. The van der Waals surface area contributed by atoms with Crippen molar-refractivity contribution in [2.24, 2.45) is 5.73 Å². The number of Topliss-reactive ketones (excluding diaryl/α,β-unsaturated/α-hetero) is 1. The monoisotopic (exact) mass is 266 g/mol. The molecule has 1 unspecified atom stereocenters. The van der Waals surface area contributed by atoms with Crippen LogP contribution in [0.4, 0.5) is 5.69 Å². The van der Waals surface area contributed by atoms with Crippen LogP contribution in [0.2, 0.25) is 0 Å². The summed E-state index contributed by atoms with van der Waals surface area (Å²) in [4.78, 5) is 24.8. The van der Waals surface area contributed by atoms with Gasteiger partial charge in [0.1, 0.15) is 0 Å². The molecule has 0 fully saturated rings. The van der Waals surface area contributed by atoms with Gasteiger partial charge >= 0.3 is 0 Å². The van der Waals surface area contributed by atoms with Crippen molar-refractivity contribution in [2.75, 3.05) is 5.32 Å². The second-order valence-electron chi connectivity index (χ2n) is 4.96. The van der Waals surface area contributed by atoms with Crippen LogP contribution in [0.5, 0.6) is 0 Å². The van der Waals surface area contributed by atoms with E-state index in [1.165, 1.54) is 0 Å². The summed E-state index contributed by atoms with van der Waals surface area (Å²) in [5.41, 5.74) is 6.43. The Morgan fingerprint density at radius 1 is 0.950 bits per heavy atom. The minimum Gasteiger partial charge on any atom is -0.323 e. The van der Waals surface area contributed by atoms with Gasteiger partial charge < -0.3 is 11.1 Å². The van der Waals surface area contributed by atoms with E-state index >= 15 is 0 Å².